The summed E-state index contributed by atoms with van der Waals surface area (Å²) in [6, 6.07) is 3.92. The van der Waals surface area contributed by atoms with E-state index in [-0.39, 0.29) is 6.42 Å². The smallest absolute Gasteiger partial charge is 0.328 e. The number of H-pyrrole nitrogens is 1. The van der Waals surface area contributed by atoms with Crippen molar-refractivity contribution >= 4 is 46.4 Å². The molecule has 4 unspecified atom stereocenters. The highest BCUT2D eigenvalue weighted by atomic mass is 32.2. The first-order valence-electron chi connectivity index (χ1n) is 10.7. The Morgan fingerprint density at radius 1 is 1.15 bits per heavy atom. The number of carbonyl (C=O) groups excluding carboxylic acids is 3. The van der Waals surface area contributed by atoms with Crippen molar-refractivity contribution in [3.05, 3.63) is 36.0 Å². The van der Waals surface area contributed by atoms with Crippen LogP contribution in [0.2, 0.25) is 0 Å². The van der Waals surface area contributed by atoms with Gasteiger partial charge in [0.15, 0.2) is 6.04 Å². The van der Waals surface area contributed by atoms with E-state index in [0.29, 0.717) is 12.2 Å². The number of nitrogens with two attached hydrogens (primary N) is 1. The Hall–Kier alpha value is -3.09. The first-order chi connectivity index (χ1) is 16.1. The third kappa shape index (κ3) is 7.75. The van der Waals surface area contributed by atoms with Crippen LogP contribution >= 0.6 is 11.8 Å². The van der Waals surface area contributed by atoms with Crippen molar-refractivity contribution in [1.29, 1.82) is 0 Å². The zero-order valence-electron chi connectivity index (χ0n) is 19.0. The highest BCUT2D eigenvalue weighted by molar-refractivity contribution is 7.98. The summed E-state index contributed by atoms with van der Waals surface area (Å²) >= 11 is 1.55. The van der Waals surface area contributed by atoms with E-state index in [4.69, 9.17) is 5.73 Å². The molecule has 0 saturated heterocycles. The van der Waals surface area contributed by atoms with Gasteiger partial charge in [-0.3, -0.25) is 14.4 Å². The number of carboxylic acid groups (broad SMARTS) is 1. The van der Waals surface area contributed by atoms with Gasteiger partial charge in [-0.25, -0.2) is 4.79 Å². The van der Waals surface area contributed by atoms with Gasteiger partial charge in [-0.05, 0) is 37.0 Å². The maximum atomic E-state index is 12.9. The quantitative estimate of drug-likeness (QED) is 0.192. The number of aromatic nitrogens is 1. The van der Waals surface area contributed by atoms with E-state index < -0.39 is 54.5 Å². The number of aromatic amines is 1. The topological polar surface area (TPSA) is 187 Å². The van der Waals surface area contributed by atoms with E-state index in [1.54, 1.807) is 18.0 Å². The lowest BCUT2D eigenvalue weighted by Crippen LogP contribution is -2.56. The van der Waals surface area contributed by atoms with Gasteiger partial charge in [0, 0.05) is 23.5 Å². The van der Waals surface area contributed by atoms with E-state index in [2.05, 4.69) is 20.9 Å². The van der Waals surface area contributed by atoms with E-state index >= 15 is 0 Å². The number of carboxylic acids is 1. The van der Waals surface area contributed by atoms with Gasteiger partial charge in [0.1, 0.15) is 6.04 Å². The number of aliphatic carboxylic acids is 1. The summed E-state index contributed by atoms with van der Waals surface area (Å²) in [6.45, 7) is 0.838. The van der Waals surface area contributed by atoms with Gasteiger partial charge in [0.2, 0.25) is 17.7 Å². The molecular weight excluding hydrogens is 462 g/mol. The summed E-state index contributed by atoms with van der Waals surface area (Å²) < 4.78 is 0. The maximum Gasteiger partial charge on any atom is 0.328 e. The lowest BCUT2D eigenvalue weighted by atomic mass is 10.0. The molecule has 1 heterocycles. The van der Waals surface area contributed by atoms with Gasteiger partial charge >= 0.3 is 5.97 Å². The number of aliphatic hydroxyl groups is 1. The molecule has 0 fully saturated rings. The number of hydrogen-bond donors (Lipinski definition) is 7. The van der Waals surface area contributed by atoms with Crippen LogP contribution < -0.4 is 21.7 Å². The predicted octanol–water partition coefficient (Wildman–Crippen LogP) is -0.658. The Labute approximate surface area is 201 Å². The molecule has 0 spiro atoms. The van der Waals surface area contributed by atoms with Crippen LogP contribution in [0.5, 0.6) is 0 Å². The number of amides is 3. The lowest BCUT2D eigenvalue weighted by molar-refractivity contribution is -0.145. The standard InChI is InChI=1S/C22H31N5O6S/c1-12(28)19(22(32)33)27-21(31)17(9-13-10-24-16-6-4-3-5-14(13)16)26-18(29)11-25-20(30)15(23)7-8-34-2/h3-6,10,12,15,17,19,24,28H,7-9,11,23H2,1-2H3,(H,25,30)(H,26,29)(H,27,31)(H,32,33). The molecule has 3 amide bonds. The second kappa shape index (κ2) is 13.0. The van der Waals surface area contributed by atoms with Crippen molar-refractivity contribution in [2.75, 3.05) is 18.6 Å². The minimum Gasteiger partial charge on any atom is -0.480 e. The first kappa shape index (κ1) is 27.2. The van der Waals surface area contributed by atoms with Crippen LogP contribution in [0.15, 0.2) is 30.5 Å². The van der Waals surface area contributed by atoms with Gasteiger partial charge in [-0.1, -0.05) is 18.2 Å². The van der Waals surface area contributed by atoms with E-state index in [1.165, 1.54) is 6.92 Å². The van der Waals surface area contributed by atoms with Gasteiger partial charge in [-0.15, -0.1) is 0 Å². The van der Waals surface area contributed by atoms with Crippen molar-refractivity contribution < 1.29 is 29.4 Å². The Bertz CT molecular complexity index is 1010. The van der Waals surface area contributed by atoms with Crippen LogP contribution in [0.1, 0.15) is 18.9 Å². The summed E-state index contributed by atoms with van der Waals surface area (Å²) in [5.74, 6) is -2.63. The summed E-state index contributed by atoms with van der Waals surface area (Å²) in [6.07, 6.45) is 2.74. The van der Waals surface area contributed by atoms with E-state index in [0.717, 1.165) is 16.5 Å². The van der Waals surface area contributed by atoms with Crippen molar-refractivity contribution in [1.82, 2.24) is 20.9 Å². The molecule has 0 aliphatic rings. The maximum absolute atomic E-state index is 12.9. The molecule has 2 rings (SSSR count). The SMILES string of the molecule is CSCCC(N)C(=O)NCC(=O)NC(Cc1c[nH]c2ccccc12)C(=O)NC(C(=O)O)C(C)O. The number of carbonyl (C=O) groups is 4. The number of rotatable bonds is 13. The Balaban J connectivity index is 2.13. The molecule has 12 heteroatoms. The molecule has 34 heavy (non-hydrogen) atoms. The lowest BCUT2D eigenvalue weighted by Gasteiger charge is -2.23. The summed E-state index contributed by atoms with van der Waals surface area (Å²) in [5, 5.41) is 27.1. The Morgan fingerprint density at radius 2 is 1.85 bits per heavy atom. The molecule has 8 N–H and O–H groups in total. The molecule has 0 aliphatic heterocycles. The minimum absolute atomic E-state index is 0.0505. The average Bonchev–Trinajstić information content (AvgIpc) is 3.21. The van der Waals surface area contributed by atoms with Crippen LogP contribution in [-0.2, 0) is 25.6 Å². The van der Waals surface area contributed by atoms with Gasteiger partial charge in [0.05, 0.1) is 18.7 Å². The van der Waals surface area contributed by atoms with E-state index in [1.807, 2.05) is 30.5 Å². The third-order valence-corrected chi connectivity index (χ3v) is 5.83. The first-order valence-corrected chi connectivity index (χ1v) is 12.1. The molecule has 4 atom stereocenters. The molecule has 186 valence electrons. The normalized spacial score (nSPS) is 14.6. The molecular formula is C22H31N5O6S. The van der Waals surface area contributed by atoms with Crippen LogP contribution in [-0.4, -0.2) is 81.7 Å². The zero-order valence-corrected chi connectivity index (χ0v) is 19.9. The van der Waals surface area contributed by atoms with Gasteiger partial charge in [-0.2, -0.15) is 11.8 Å². The van der Waals surface area contributed by atoms with Crippen molar-refractivity contribution in [2.24, 2.45) is 5.73 Å². The number of benzene rings is 1. The largest absolute Gasteiger partial charge is 0.480 e. The van der Waals surface area contributed by atoms with Crippen molar-refractivity contribution in [3.63, 3.8) is 0 Å². The second-order valence-electron chi connectivity index (χ2n) is 7.85. The minimum atomic E-state index is -1.55. The molecule has 0 radical (unpaired) electrons. The second-order valence-corrected chi connectivity index (χ2v) is 8.84. The molecule has 0 saturated carbocycles. The zero-order chi connectivity index (χ0) is 25.3. The average molecular weight is 494 g/mol. The molecule has 0 aliphatic carbocycles. The number of para-hydroxylation sites is 1. The van der Waals surface area contributed by atoms with Crippen LogP contribution in [0.25, 0.3) is 10.9 Å². The Kier molecular flexibility index (Phi) is 10.4. The van der Waals surface area contributed by atoms with Crippen molar-refractivity contribution in [3.8, 4) is 0 Å². The van der Waals surface area contributed by atoms with Crippen LogP contribution in [0, 0.1) is 0 Å². The highest BCUT2D eigenvalue weighted by Gasteiger charge is 2.30. The van der Waals surface area contributed by atoms with Crippen LogP contribution in [0.4, 0.5) is 0 Å². The fourth-order valence-corrected chi connectivity index (χ4v) is 3.78. The van der Waals surface area contributed by atoms with Gasteiger partial charge in [0.25, 0.3) is 0 Å². The fraction of sp³-hybridized carbons (Fsp3) is 0.455. The van der Waals surface area contributed by atoms with E-state index in [9.17, 15) is 29.4 Å². The molecule has 11 nitrogen and oxygen atoms in total. The molecule has 2 aromatic rings. The monoisotopic (exact) mass is 493 g/mol. The Morgan fingerprint density at radius 3 is 2.50 bits per heavy atom. The molecule has 1 aromatic heterocycles. The van der Waals surface area contributed by atoms with Crippen molar-refractivity contribution in [2.45, 2.75) is 44.0 Å². The summed E-state index contributed by atoms with van der Waals surface area (Å²) in [5.41, 5.74) is 7.35. The summed E-state index contributed by atoms with van der Waals surface area (Å²) in [7, 11) is 0. The van der Waals surface area contributed by atoms with Crippen LogP contribution in [0.3, 0.4) is 0 Å². The summed E-state index contributed by atoms with van der Waals surface area (Å²) in [4.78, 5) is 52.0. The number of nitrogens with one attached hydrogen (secondary N) is 4. The number of hydrogen-bond acceptors (Lipinski definition) is 7. The number of aliphatic hydroxyl groups excluding tert-OH is 1. The molecule has 1 aromatic carbocycles. The number of thioether (sulfide) groups is 1. The fourth-order valence-electron chi connectivity index (χ4n) is 3.29. The number of fused-ring (bicyclic) bond motifs is 1. The third-order valence-electron chi connectivity index (χ3n) is 5.19. The molecule has 0 bridgehead atoms. The van der Waals surface area contributed by atoms with Gasteiger partial charge < -0.3 is 36.9 Å². The highest BCUT2D eigenvalue weighted by Crippen LogP contribution is 2.19. The predicted molar refractivity (Wildman–Crippen MR) is 129 cm³/mol.